The van der Waals surface area contributed by atoms with Crippen molar-refractivity contribution in [3.8, 4) is 0 Å². The zero-order chi connectivity index (χ0) is 18.6. The normalized spacial score (nSPS) is 12.3. The fourth-order valence-electron chi connectivity index (χ4n) is 1.67. The van der Waals surface area contributed by atoms with E-state index in [4.69, 9.17) is 28.4 Å². The highest BCUT2D eigenvalue weighted by Gasteiger charge is 2.00. The smallest absolute Gasteiger partial charge is 0.308 e. The van der Waals surface area contributed by atoms with E-state index in [1.807, 2.05) is 0 Å². The van der Waals surface area contributed by atoms with Crippen LogP contribution in [0, 0.1) is 5.92 Å². The van der Waals surface area contributed by atoms with E-state index in [0.717, 1.165) is 13.0 Å². The number of carbonyl (C=O) groups is 1. The molecule has 0 heterocycles. The van der Waals surface area contributed by atoms with Gasteiger partial charge in [-0.3, -0.25) is 4.79 Å². The molecule has 25 heavy (non-hydrogen) atoms. The quantitative estimate of drug-likeness (QED) is 0.257. The fraction of sp³-hybridized carbons (Fsp3) is 0.944. The summed E-state index contributed by atoms with van der Waals surface area (Å²) in [5.41, 5.74) is 0. The molecule has 0 amide bonds. The maximum absolute atomic E-state index is 11.0. The number of rotatable bonds is 19. The lowest BCUT2D eigenvalue weighted by molar-refractivity contribution is -0.144. The van der Waals surface area contributed by atoms with Gasteiger partial charge in [0.25, 0.3) is 0 Å². The van der Waals surface area contributed by atoms with Gasteiger partial charge < -0.3 is 28.4 Å². The van der Waals surface area contributed by atoms with Crippen LogP contribution < -0.4 is 0 Å². The summed E-state index contributed by atoms with van der Waals surface area (Å²) < 4.78 is 31.7. The summed E-state index contributed by atoms with van der Waals surface area (Å²) in [7, 11) is 0. The van der Waals surface area contributed by atoms with Crippen molar-refractivity contribution < 1.29 is 33.2 Å². The molecule has 0 rings (SSSR count). The van der Waals surface area contributed by atoms with Crippen LogP contribution in [0.5, 0.6) is 0 Å². The minimum Gasteiger partial charge on any atom is -0.466 e. The topological polar surface area (TPSA) is 72.5 Å². The second-order valence-corrected chi connectivity index (χ2v) is 5.59. The lowest BCUT2D eigenvalue weighted by atomic mass is 10.1. The molecule has 0 fully saturated rings. The monoisotopic (exact) mass is 364 g/mol. The van der Waals surface area contributed by atoms with Crippen LogP contribution >= 0.6 is 0 Å². The van der Waals surface area contributed by atoms with Crippen LogP contribution in [0.3, 0.4) is 0 Å². The number of hydrogen-bond acceptors (Lipinski definition) is 7. The van der Waals surface area contributed by atoms with Crippen molar-refractivity contribution in [3.05, 3.63) is 0 Å². The molecule has 0 aliphatic carbocycles. The van der Waals surface area contributed by atoms with Gasteiger partial charge in [-0.15, -0.1) is 0 Å². The predicted octanol–water partition coefficient (Wildman–Crippen LogP) is 2.07. The molecule has 0 radical (unpaired) electrons. The van der Waals surface area contributed by atoms with Gasteiger partial charge in [0.05, 0.1) is 72.5 Å². The first-order chi connectivity index (χ1) is 12.2. The summed E-state index contributed by atoms with van der Waals surface area (Å²) in [5, 5.41) is 0. The average molecular weight is 364 g/mol. The lowest BCUT2D eigenvalue weighted by Crippen LogP contribution is -2.14. The number of ether oxygens (including phenoxy) is 6. The summed E-state index contributed by atoms with van der Waals surface area (Å²) in [4.78, 5) is 11.0. The highest BCUT2D eigenvalue weighted by atomic mass is 16.6. The molecule has 0 aromatic heterocycles. The molecular weight excluding hydrogens is 328 g/mol. The molecule has 0 spiro atoms. The first kappa shape index (κ1) is 24.3. The maximum Gasteiger partial charge on any atom is 0.308 e. The third-order valence-electron chi connectivity index (χ3n) is 3.34. The highest BCUT2D eigenvalue weighted by molar-refractivity contribution is 5.69. The summed E-state index contributed by atoms with van der Waals surface area (Å²) in [6.45, 7) is 12.0. The molecular formula is C18H36O7. The van der Waals surface area contributed by atoms with E-state index in [1.165, 1.54) is 0 Å². The van der Waals surface area contributed by atoms with E-state index < -0.39 is 0 Å². The van der Waals surface area contributed by atoms with Gasteiger partial charge in [-0.05, 0) is 12.8 Å². The highest BCUT2D eigenvalue weighted by Crippen LogP contribution is 1.99. The Hall–Kier alpha value is -0.730. The molecule has 0 aliphatic rings. The van der Waals surface area contributed by atoms with E-state index >= 15 is 0 Å². The van der Waals surface area contributed by atoms with E-state index in [9.17, 15) is 4.79 Å². The van der Waals surface area contributed by atoms with Gasteiger partial charge in [0.2, 0.25) is 0 Å². The van der Waals surface area contributed by atoms with E-state index in [0.29, 0.717) is 72.0 Å². The third kappa shape index (κ3) is 19.4. The third-order valence-corrected chi connectivity index (χ3v) is 3.34. The van der Waals surface area contributed by atoms with Gasteiger partial charge in [-0.1, -0.05) is 20.3 Å². The molecule has 7 heteroatoms. The second-order valence-electron chi connectivity index (χ2n) is 5.59. The summed E-state index contributed by atoms with van der Waals surface area (Å²) >= 11 is 0. The van der Waals surface area contributed by atoms with Crippen molar-refractivity contribution in [2.24, 2.45) is 5.92 Å². The molecule has 1 atom stereocenters. The Kier molecular flexibility index (Phi) is 19.0. The maximum atomic E-state index is 11.0. The molecule has 7 nitrogen and oxygen atoms in total. The standard InChI is InChI=1S/C18H36O7/c1-4-17(3)16-24-15-14-23-13-12-22-11-10-21-9-8-20-7-6-18(19)25-5-2/h17H,4-16H2,1-3H3. The Morgan fingerprint density at radius 3 is 1.60 bits per heavy atom. The summed E-state index contributed by atoms with van der Waals surface area (Å²) in [6.07, 6.45) is 1.41. The largest absolute Gasteiger partial charge is 0.466 e. The van der Waals surface area contributed by atoms with E-state index in [-0.39, 0.29) is 12.4 Å². The van der Waals surface area contributed by atoms with Crippen LogP contribution in [0.2, 0.25) is 0 Å². The second kappa shape index (κ2) is 19.6. The van der Waals surface area contributed by atoms with Crippen LogP contribution in [-0.2, 0) is 33.2 Å². The fourth-order valence-corrected chi connectivity index (χ4v) is 1.67. The zero-order valence-corrected chi connectivity index (χ0v) is 16.1. The molecule has 0 N–H and O–H groups in total. The van der Waals surface area contributed by atoms with Gasteiger partial charge >= 0.3 is 5.97 Å². The van der Waals surface area contributed by atoms with Crippen LogP contribution in [0.25, 0.3) is 0 Å². The molecule has 0 aromatic rings. The number of esters is 1. The van der Waals surface area contributed by atoms with Crippen LogP contribution in [-0.4, -0.2) is 78.6 Å². The first-order valence-electron chi connectivity index (χ1n) is 9.25. The molecule has 0 saturated carbocycles. The Morgan fingerprint density at radius 2 is 1.16 bits per heavy atom. The van der Waals surface area contributed by atoms with Crippen LogP contribution in [0.1, 0.15) is 33.6 Å². The first-order valence-corrected chi connectivity index (χ1v) is 9.25. The Bertz CT molecular complexity index is 287. The van der Waals surface area contributed by atoms with E-state index in [1.54, 1.807) is 6.92 Å². The Labute approximate surface area is 152 Å². The lowest BCUT2D eigenvalue weighted by Gasteiger charge is -2.10. The minimum atomic E-state index is -0.235. The van der Waals surface area contributed by atoms with Crippen molar-refractivity contribution >= 4 is 5.97 Å². The van der Waals surface area contributed by atoms with Crippen molar-refractivity contribution in [1.29, 1.82) is 0 Å². The molecule has 0 aliphatic heterocycles. The molecule has 1 unspecified atom stereocenters. The van der Waals surface area contributed by atoms with Crippen molar-refractivity contribution in [2.45, 2.75) is 33.6 Å². The Balaban J connectivity index is 3.06. The van der Waals surface area contributed by atoms with Crippen molar-refractivity contribution in [3.63, 3.8) is 0 Å². The number of hydrogen-bond donors (Lipinski definition) is 0. The molecule has 0 saturated heterocycles. The minimum absolute atomic E-state index is 0.235. The van der Waals surface area contributed by atoms with Crippen molar-refractivity contribution in [1.82, 2.24) is 0 Å². The molecule has 150 valence electrons. The van der Waals surface area contributed by atoms with Gasteiger partial charge in [0.1, 0.15) is 0 Å². The molecule has 0 bridgehead atoms. The predicted molar refractivity (Wildman–Crippen MR) is 94.8 cm³/mol. The van der Waals surface area contributed by atoms with Crippen molar-refractivity contribution in [2.75, 3.05) is 72.7 Å². The van der Waals surface area contributed by atoms with E-state index in [2.05, 4.69) is 13.8 Å². The van der Waals surface area contributed by atoms with Gasteiger partial charge in [-0.2, -0.15) is 0 Å². The van der Waals surface area contributed by atoms with Crippen LogP contribution in [0.4, 0.5) is 0 Å². The van der Waals surface area contributed by atoms with Gasteiger partial charge in [0, 0.05) is 6.61 Å². The number of carbonyl (C=O) groups excluding carboxylic acids is 1. The van der Waals surface area contributed by atoms with Crippen LogP contribution in [0.15, 0.2) is 0 Å². The molecule has 0 aromatic carbocycles. The van der Waals surface area contributed by atoms with Gasteiger partial charge in [-0.25, -0.2) is 0 Å². The summed E-state index contributed by atoms with van der Waals surface area (Å²) in [5.74, 6) is 0.368. The zero-order valence-electron chi connectivity index (χ0n) is 16.1. The SMILES string of the molecule is CCOC(=O)CCOCCOCCOCCOCCOCC(C)CC. The summed E-state index contributed by atoms with van der Waals surface area (Å²) in [6, 6.07) is 0. The Morgan fingerprint density at radius 1 is 0.720 bits per heavy atom. The van der Waals surface area contributed by atoms with Gasteiger partial charge in [0.15, 0.2) is 0 Å². The average Bonchev–Trinajstić information content (AvgIpc) is 2.61.